The SMILES string of the molecule is CCCOc1cccc(N2CCC(C(C)O)C2)c1N. The fourth-order valence-corrected chi connectivity index (χ4v) is 2.55. The predicted molar refractivity (Wildman–Crippen MR) is 78.6 cm³/mol. The Morgan fingerprint density at radius 1 is 1.53 bits per heavy atom. The van der Waals surface area contributed by atoms with Crippen LogP contribution in [0.25, 0.3) is 0 Å². The van der Waals surface area contributed by atoms with Crippen LogP contribution in [0.15, 0.2) is 18.2 Å². The van der Waals surface area contributed by atoms with Crippen molar-refractivity contribution >= 4 is 11.4 Å². The van der Waals surface area contributed by atoms with Gasteiger partial charge in [-0.1, -0.05) is 13.0 Å². The van der Waals surface area contributed by atoms with Crippen LogP contribution >= 0.6 is 0 Å². The van der Waals surface area contributed by atoms with Crippen molar-refractivity contribution in [2.75, 3.05) is 30.3 Å². The summed E-state index contributed by atoms with van der Waals surface area (Å²) in [5.74, 6) is 1.10. The Bertz CT molecular complexity index is 421. The van der Waals surface area contributed by atoms with Gasteiger partial charge in [-0.05, 0) is 31.9 Å². The minimum Gasteiger partial charge on any atom is -0.491 e. The summed E-state index contributed by atoms with van der Waals surface area (Å²) < 4.78 is 5.66. The molecule has 2 unspecified atom stereocenters. The number of anilines is 2. The lowest BCUT2D eigenvalue weighted by atomic mass is 10.0. The number of ether oxygens (including phenoxy) is 1. The first-order valence-corrected chi connectivity index (χ1v) is 7.07. The highest BCUT2D eigenvalue weighted by Gasteiger charge is 2.27. The summed E-state index contributed by atoms with van der Waals surface area (Å²) in [5, 5.41) is 9.67. The molecule has 3 N–H and O–H groups in total. The van der Waals surface area contributed by atoms with E-state index in [0.717, 1.165) is 37.4 Å². The van der Waals surface area contributed by atoms with E-state index in [9.17, 15) is 5.11 Å². The maximum absolute atomic E-state index is 9.67. The van der Waals surface area contributed by atoms with Gasteiger partial charge in [0.1, 0.15) is 5.75 Å². The minimum atomic E-state index is -0.259. The van der Waals surface area contributed by atoms with Crippen molar-refractivity contribution in [1.82, 2.24) is 0 Å². The van der Waals surface area contributed by atoms with E-state index in [1.165, 1.54) is 0 Å². The second-order valence-electron chi connectivity index (χ2n) is 5.27. The molecule has 0 bridgehead atoms. The molecule has 2 rings (SSSR count). The third kappa shape index (κ3) is 3.13. The van der Waals surface area contributed by atoms with Gasteiger partial charge in [-0.25, -0.2) is 0 Å². The third-order valence-electron chi connectivity index (χ3n) is 3.75. The number of hydrogen-bond acceptors (Lipinski definition) is 4. The second-order valence-corrected chi connectivity index (χ2v) is 5.27. The third-order valence-corrected chi connectivity index (χ3v) is 3.75. The van der Waals surface area contributed by atoms with Crippen LogP contribution in [0.3, 0.4) is 0 Å². The van der Waals surface area contributed by atoms with Gasteiger partial charge in [0.15, 0.2) is 0 Å². The van der Waals surface area contributed by atoms with Crippen molar-refractivity contribution < 1.29 is 9.84 Å². The molecule has 0 aliphatic carbocycles. The average molecular weight is 264 g/mol. The molecule has 1 fully saturated rings. The molecular formula is C15H24N2O2. The number of nitrogens with two attached hydrogens (primary N) is 1. The quantitative estimate of drug-likeness (QED) is 0.801. The van der Waals surface area contributed by atoms with Crippen molar-refractivity contribution in [3.8, 4) is 5.75 Å². The van der Waals surface area contributed by atoms with Crippen LogP contribution in [-0.4, -0.2) is 30.9 Å². The molecular weight excluding hydrogens is 240 g/mol. The molecule has 0 radical (unpaired) electrons. The number of benzene rings is 1. The Labute approximate surface area is 115 Å². The lowest BCUT2D eigenvalue weighted by Gasteiger charge is -2.22. The van der Waals surface area contributed by atoms with Gasteiger partial charge in [-0.15, -0.1) is 0 Å². The Hall–Kier alpha value is -1.42. The normalized spacial score (nSPS) is 20.6. The molecule has 4 heteroatoms. The molecule has 0 aromatic heterocycles. The van der Waals surface area contributed by atoms with Crippen LogP contribution in [0.1, 0.15) is 26.7 Å². The van der Waals surface area contributed by atoms with Crippen molar-refractivity contribution in [1.29, 1.82) is 0 Å². The Morgan fingerprint density at radius 2 is 2.32 bits per heavy atom. The van der Waals surface area contributed by atoms with E-state index < -0.39 is 0 Å². The fraction of sp³-hybridized carbons (Fsp3) is 0.600. The summed E-state index contributed by atoms with van der Waals surface area (Å²) in [6, 6.07) is 5.92. The first-order chi connectivity index (χ1) is 9.13. The number of para-hydroxylation sites is 1. The predicted octanol–water partition coefficient (Wildman–Crippen LogP) is 2.26. The summed E-state index contributed by atoms with van der Waals surface area (Å²) in [4.78, 5) is 2.24. The van der Waals surface area contributed by atoms with E-state index in [2.05, 4.69) is 11.8 Å². The number of nitrogens with zero attached hydrogens (tertiary/aromatic N) is 1. The number of aliphatic hydroxyl groups excluding tert-OH is 1. The van der Waals surface area contributed by atoms with Gasteiger partial charge in [0.25, 0.3) is 0 Å². The number of aliphatic hydroxyl groups is 1. The van der Waals surface area contributed by atoms with E-state index in [1.54, 1.807) is 0 Å². The summed E-state index contributed by atoms with van der Waals surface area (Å²) in [6.07, 6.45) is 1.72. The van der Waals surface area contributed by atoms with E-state index in [0.29, 0.717) is 18.2 Å². The van der Waals surface area contributed by atoms with Gasteiger partial charge in [-0.3, -0.25) is 0 Å². The zero-order valence-corrected chi connectivity index (χ0v) is 11.8. The molecule has 0 spiro atoms. The Morgan fingerprint density at radius 3 is 2.95 bits per heavy atom. The average Bonchev–Trinajstić information content (AvgIpc) is 2.87. The molecule has 1 heterocycles. The van der Waals surface area contributed by atoms with Crippen molar-refractivity contribution in [3.05, 3.63) is 18.2 Å². The number of rotatable bonds is 5. The second kappa shape index (κ2) is 6.15. The van der Waals surface area contributed by atoms with Crippen LogP contribution < -0.4 is 15.4 Å². The highest BCUT2D eigenvalue weighted by molar-refractivity contribution is 5.74. The summed E-state index contributed by atoms with van der Waals surface area (Å²) >= 11 is 0. The standard InChI is InChI=1S/C15H24N2O2/c1-3-9-19-14-6-4-5-13(15(14)16)17-8-7-12(10-17)11(2)18/h4-6,11-12,18H,3,7-10,16H2,1-2H3. The maximum atomic E-state index is 9.67. The highest BCUT2D eigenvalue weighted by atomic mass is 16.5. The first-order valence-electron chi connectivity index (χ1n) is 7.07. The van der Waals surface area contributed by atoms with Crippen LogP contribution in [0.2, 0.25) is 0 Å². The number of nitrogen functional groups attached to an aromatic ring is 1. The first kappa shape index (κ1) is 14.0. The fourth-order valence-electron chi connectivity index (χ4n) is 2.55. The number of hydrogen-bond donors (Lipinski definition) is 2. The summed E-state index contributed by atoms with van der Waals surface area (Å²) in [6.45, 7) is 6.42. The summed E-state index contributed by atoms with van der Waals surface area (Å²) in [7, 11) is 0. The zero-order chi connectivity index (χ0) is 13.8. The molecule has 0 amide bonds. The smallest absolute Gasteiger partial charge is 0.144 e. The van der Waals surface area contributed by atoms with Gasteiger partial charge in [-0.2, -0.15) is 0 Å². The van der Waals surface area contributed by atoms with Gasteiger partial charge in [0, 0.05) is 19.0 Å². The van der Waals surface area contributed by atoms with Crippen LogP contribution in [0.5, 0.6) is 5.75 Å². The minimum absolute atomic E-state index is 0.259. The molecule has 2 atom stereocenters. The van der Waals surface area contributed by atoms with E-state index >= 15 is 0 Å². The molecule has 4 nitrogen and oxygen atoms in total. The van der Waals surface area contributed by atoms with E-state index in [1.807, 2.05) is 25.1 Å². The summed E-state index contributed by atoms with van der Waals surface area (Å²) in [5.41, 5.74) is 7.93. The van der Waals surface area contributed by atoms with E-state index in [4.69, 9.17) is 10.5 Å². The lowest BCUT2D eigenvalue weighted by Crippen LogP contribution is -2.24. The van der Waals surface area contributed by atoms with Gasteiger partial charge in [0.05, 0.1) is 24.1 Å². The molecule has 0 saturated carbocycles. The largest absolute Gasteiger partial charge is 0.491 e. The van der Waals surface area contributed by atoms with Crippen molar-refractivity contribution in [2.24, 2.45) is 5.92 Å². The van der Waals surface area contributed by atoms with Crippen LogP contribution in [0, 0.1) is 5.92 Å². The van der Waals surface area contributed by atoms with Gasteiger partial charge < -0.3 is 20.5 Å². The van der Waals surface area contributed by atoms with Crippen molar-refractivity contribution in [2.45, 2.75) is 32.8 Å². The van der Waals surface area contributed by atoms with E-state index in [-0.39, 0.29) is 6.10 Å². The molecule has 1 saturated heterocycles. The highest BCUT2D eigenvalue weighted by Crippen LogP contribution is 2.35. The van der Waals surface area contributed by atoms with Gasteiger partial charge in [0.2, 0.25) is 0 Å². The molecule has 106 valence electrons. The zero-order valence-electron chi connectivity index (χ0n) is 11.8. The van der Waals surface area contributed by atoms with Crippen LogP contribution in [-0.2, 0) is 0 Å². The Kier molecular flexibility index (Phi) is 4.53. The maximum Gasteiger partial charge on any atom is 0.144 e. The molecule has 1 aromatic rings. The van der Waals surface area contributed by atoms with Gasteiger partial charge >= 0.3 is 0 Å². The molecule has 1 aliphatic heterocycles. The topological polar surface area (TPSA) is 58.7 Å². The lowest BCUT2D eigenvalue weighted by molar-refractivity contribution is 0.136. The van der Waals surface area contributed by atoms with Crippen LogP contribution in [0.4, 0.5) is 11.4 Å². The molecule has 19 heavy (non-hydrogen) atoms. The van der Waals surface area contributed by atoms with Crippen molar-refractivity contribution in [3.63, 3.8) is 0 Å². The molecule has 1 aliphatic rings. The Balaban J connectivity index is 2.12. The molecule has 1 aromatic carbocycles. The monoisotopic (exact) mass is 264 g/mol.